The topological polar surface area (TPSA) is 47.0 Å². The lowest BCUT2D eigenvalue weighted by molar-refractivity contribution is 0.198. The number of rotatable bonds is 7. The van der Waals surface area contributed by atoms with E-state index in [1.807, 2.05) is 12.4 Å². The van der Waals surface area contributed by atoms with Gasteiger partial charge in [-0.25, -0.2) is 9.97 Å². The Balaban J connectivity index is 2.16. The minimum Gasteiger partial charge on any atom is -0.383 e. The highest BCUT2D eigenvalue weighted by Crippen LogP contribution is 2.04. The summed E-state index contributed by atoms with van der Waals surface area (Å²) < 4.78 is 4.96. The molecule has 0 spiro atoms. The van der Waals surface area contributed by atoms with Gasteiger partial charge in [0.05, 0.1) is 6.61 Å². The molecule has 4 heteroatoms. The van der Waals surface area contributed by atoms with Crippen LogP contribution in [0.5, 0.6) is 0 Å². The summed E-state index contributed by atoms with van der Waals surface area (Å²) in [6.07, 6.45) is 6.32. The zero-order valence-electron chi connectivity index (χ0n) is 9.44. The fourth-order valence-electron chi connectivity index (χ4n) is 1.43. The zero-order valence-corrected chi connectivity index (χ0v) is 9.44. The predicted octanol–water partition coefficient (Wildman–Crippen LogP) is 0.891. The van der Waals surface area contributed by atoms with Crippen molar-refractivity contribution in [2.45, 2.75) is 13.3 Å². The molecule has 0 aliphatic rings. The van der Waals surface area contributed by atoms with Crippen molar-refractivity contribution in [2.24, 2.45) is 5.92 Å². The largest absolute Gasteiger partial charge is 0.383 e. The molecule has 1 aromatic rings. The molecular formula is C11H19N3O. The lowest BCUT2D eigenvalue weighted by Gasteiger charge is -2.11. The van der Waals surface area contributed by atoms with Gasteiger partial charge in [0.2, 0.25) is 0 Å². The van der Waals surface area contributed by atoms with Gasteiger partial charge in [0.25, 0.3) is 0 Å². The molecule has 1 heterocycles. The van der Waals surface area contributed by atoms with E-state index in [9.17, 15) is 0 Å². The smallest absolute Gasteiger partial charge is 0.115 e. The van der Waals surface area contributed by atoms with Crippen molar-refractivity contribution in [2.75, 3.05) is 26.8 Å². The second kappa shape index (κ2) is 7.31. The maximum absolute atomic E-state index is 4.96. The van der Waals surface area contributed by atoms with Crippen LogP contribution in [0.4, 0.5) is 0 Å². The monoisotopic (exact) mass is 209 g/mol. The maximum Gasteiger partial charge on any atom is 0.115 e. The molecule has 0 bridgehead atoms. The average molecular weight is 209 g/mol. The lowest BCUT2D eigenvalue weighted by atomic mass is 10.0. The van der Waals surface area contributed by atoms with Crippen LogP contribution in [0.2, 0.25) is 0 Å². The Morgan fingerprint density at radius 3 is 2.80 bits per heavy atom. The van der Waals surface area contributed by atoms with E-state index in [0.717, 1.165) is 26.1 Å². The molecule has 0 saturated heterocycles. The van der Waals surface area contributed by atoms with Gasteiger partial charge in [0, 0.05) is 26.0 Å². The van der Waals surface area contributed by atoms with Gasteiger partial charge < -0.3 is 10.1 Å². The Bertz CT molecular complexity index is 253. The molecule has 0 aromatic carbocycles. The Hall–Kier alpha value is -1.00. The molecule has 0 amide bonds. The standard InChI is InChI=1S/C11H19N3O/c1-10(6-12-3-4-15-2)5-11-7-13-9-14-8-11/h7-10,12H,3-6H2,1-2H3. The molecule has 1 rings (SSSR count). The molecule has 0 fully saturated rings. The summed E-state index contributed by atoms with van der Waals surface area (Å²) in [6, 6.07) is 0. The van der Waals surface area contributed by atoms with Crippen LogP contribution in [0.15, 0.2) is 18.7 Å². The van der Waals surface area contributed by atoms with Crippen molar-refractivity contribution in [3.05, 3.63) is 24.3 Å². The molecule has 1 unspecified atom stereocenters. The first-order valence-corrected chi connectivity index (χ1v) is 5.26. The van der Waals surface area contributed by atoms with Gasteiger partial charge in [0.1, 0.15) is 6.33 Å². The molecule has 0 aliphatic heterocycles. The van der Waals surface area contributed by atoms with Crippen molar-refractivity contribution >= 4 is 0 Å². The Labute approximate surface area is 91.1 Å². The van der Waals surface area contributed by atoms with Crippen LogP contribution in [0.3, 0.4) is 0 Å². The third-order valence-corrected chi connectivity index (χ3v) is 2.17. The van der Waals surface area contributed by atoms with E-state index < -0.39 is 0 Å². The number of nitrogens with zero attached hydrogens (tertiary/aromatic N) is 2. The minimum absolute atomic E-state index is 0.591. The highest BCUT2D eigenvalue weighted by molar-refractivity contribution is 5.03. The Kier molecular flexibility index (Phi) is 5.88. The number of nitrogens with one attached hydrogen (secondary N) is 1. The highest BCUT2D eigenvalue weighted by Gasteiger charge is 2.03. The third-order valence-electron chi connectivity index (χ3n) is 2.17. The molecule has 1 aromatic heterocycles. The first-order valence-electron chi connectivity index (χ1n) is 5.26. The van der Waals surface area contributed by atoms with Gasteiger partial charge in [0.15, 0.2) is 0 Å². The van der Waals surface area contributed by atoms with E-state index in [1.165, 1.54) is 5.56 Å². The van der Waals surface area contributed by atoms with Crippen LogP contribution in [-0.4, -0.2) is 36.8 Å². The van der Waals surface area contributed by atoms with Gasteiger partial charge in [-0.2, -0.15) is 0 Å². The summed E-state index contributed by atoms with van der Waals surface area (Å²) in [5, 5.41) is 3.34. The van der Waals surface area contributed by atoms with Crippen LogP contribution in [0, 0.1) is 5.92 Å². The summed E-state index contributed by atoms with van der Waals surface area (Å²) in [6.45, 7) is 4.89. The first-order chi connectivity index (χ1) is 7.33. The number of hydrogen-bond donors (Lipinski definition) is 1. The van der Waals surface area contributed by atoms with Crippen LogP contribution in [-0.2, 0) is 11.2 Å². The van der Waals surface area contributed by atoms with Crippen LogP contribution >= 0.6 is 0 Å². The van der Waals surface area contributed by atoms with Crippen molar-refractivity contribution in [3.63, 3.8) is 0 Å². The molecule has 1 atom stereocenters. The number of ether oxygens (including phenoxy) is 1. The first kappa shape index (κ1) is 12.1. The van der Waals surface area contributed by atoms with E-state index in [1.54, 1.807) is 13.4 Å². The normalized spacial score (nSPS) is 12.7. The summed E-state index contributed by atoms with van der Waals surface area (Å²) in [7, 11) is 1.71. The van der Waals surface area contributed by atoms with E-state index >= 15 is 0 Å². The molecule has 4 nitrogen and oxygen atoms in total. The molecular weight excluding hydrogens is 190 g/mol. The predicted molar refractivity (Wildman–Crippen MR) is 59.6 cm³/mol. The fourth-order valence-corrected chi connectivity index (χ4v) is 1.43. The van der Waals surface area contributed by atoms with Crippen molar-refractivity contribution in [1.82, 2.24) is 15.3 Å². The minimum atomic E-state index is 0.591. The van der Waals surface area contributed by atoms with Crippen LogP contribution in [0.25, 0.3) is 0 Å². The molecule has 0 saturated carbocycles. The van der Waals surface area contributed by atoms with E-state index in [4.69, 9.17) is 4.74 Å². The van der Waals surface area contributed by atoms with Crippen LogP contribution in [0.1, 0.15) is 12.5 Å². The van der Waals surface area contributed by atoms with Gasteiger partial charge in [-0.15, -0.1) is 0 Å². The van der Waals surface area contributed by atoms with E-state index in [-0.39, 0.29) is 0 Å². The Morgan fingerprint density at radius 2 is 2.13 bits per heavy atom. The van der Waals surface area contributed by atoms with Gasteiger partial charge in [-0.3, -0.25) is 0 Å². The van der Waals surface area contributed by atoms with Gasteiger partial charge in [-0.05, 0) is 24.4 Å². The van der Waals surface area contributed by atoms with E-state index in [2.05, 4.69) is 22.2 Å². The average Bonchev–Trinajstić information content (AvgIpc) is 2.26. The molecule has 84 valence electrons. The fraction of sp³-hybridized carbons (Fsp3) is 0.636. The second-order valence-electron chi connectivity index (χ2n) is 3.75. The third kappa shape index (κ3) is 5.44. The SMILES string of the molecule is COCCNCC(C)Cc1cncnc1. The highest BCUT2D eigenvalue weighted by atomic mass is 16.5. The van der Waals surface area contributed by atoms with Gasteiger partial charge >= 0.3 is 0 Å². The van der Waals surface area contributed by atoms with Crippen molar-refractivity contribution in [1.29, 1.82) is 0 Å². The lowest BCUT2D eigenvalue weighted by Crippen LogP contribution is -2.25. The maximum atomic E-state index is 4.96. The molecule has 1 N–H and O–H groups in total. The number of aromatic nitrogens is 2. The van der Waals surface area contributed by atoms with Gasteiger partial charge in [-0.1, -0.05) is 6.92 Å². The number of methoxy groups -OCH3 is 1. The van der Waals surface area contributed by atoms with Crippen molar-refractivity contribution in [3.8, 4) is 0 Å². The zero-order chi connectivity index (χ0) is 10.9. The second-order valence-corrected chi connectivity index (χ2v) is 3.75. The van der Waals surface area contributed by atoms with E-state index in [0.29, 0.717) is 5.92 Å². The quantitative estimate of drug-likeness (QED) is 0.678. The summed E-state index contributed by atoms with van der Waals surface area (Å²) >= 11 is 0. The summed E-state index contributed by atoms with van der Waals surface area (Å²) in [5.74, 6) is 0.591. The molecule has 0 aliphatic carbocycles. The molecule has 15 heavy (non-hydrogen) atoms. The Morgan fingerprint density at radius 1 is 1.40 bits per heavy atom. The van der Waals surface area contributed by atoms with Crippen molar-refractivity contribution < 1.29 is 4.74 Å². The van der Waals surface area contributed by atoms with Crippen LogP contribution < -0.4 is 5.32 Å². The summed E-state index contributed by atoms with van der Waals surface area (Å²) in [4.78, 5) is 7.99. The molecule has 0 radical (unpaired) electrons. The number of hydrogen-bond acceptors (Lipinski definition) is 4. The summed E-state index contributed by atoms with van der Waals surface area (Å²) in [5.41, 5.74) is 1.19.